The first-order chi connectivity index (χ1) is 18.7. The highest BCUT2D eigenvalue weighted by molar-refractivity contribution is 6.31. The van der Waals surface area contributed by atoms with Gasteiger partial charge in [-0.2, -0.15) is 13.2 Å². The summed E-state index contributed by atoms with van der Waals surface area (Å²) in [6.45, 7) is -0.262. The number of nitrogens with one attached hydrogen (secondary N) is 2. The first kappa shape index (κ1) is 27.3. The lowest BCUT2D eigenvalue weighted by Gasteiger charge is -2.31. The van der Waals surface area contributed by atoms with Crippen LogP contribution in [0.2, 0.25) is 5.02 Å². The van der Waals surface area contributed by atoms with E-state index in [0.29, 0.717) is 5.39 Å². The fourth-order valence-electron chi connectivity index (χ4n) is 4.35. The molecule has 0 bridgehead atoms. The van der Waals surface area contributed by atoms with Crippen LogP contribution in [-0.2, 0) is 15.8 Å². The number of carbonyl (C=O) groups excluding carboxylic acids is 2. The minimum atomic E-state index is -5.35. The Kier molecular flexibility index (Phi) is 6.46. The molecule has 5 rings (SSSR count). The zero-order valence-electron chi connectivity index (χ0n) is 20.6. The van der Waals surface area contributed by atoms with Crippen molar-refractivity contribution in [3.05, 3.63) is 76.5 Å². The zero-order valence-corrected chi connectivity index (χ0v) is 21.3. The molecule has 208 valence electrons. The van der Waals surface area contributed by atoms with E-state index in [4.69, 9.17) is 22.1 Å². The van der Waals surface area contributed by atoms with Crippen LogP contribution in [0.15, 0.2) is 48.7 Å². The molecule has 5 N–H and O–H groups in total. The van der Waals surface area contributed by atoms with Crippen molar-refractivity contribution in [3.63, 3.8) is 0 Å². The minimum absolute atomic E-state index is 0.0329. The van der Waals surface area contributed by atoms with E-state index < -0.39 is 47.1 Å². The van der Waals surface area contributed by atoms with E-state index in [1.807, 2.05) is 0 Å². The van der Waals surface area contributed by atoms with Crippen LogP contribution in [0.4, 0.5) is 17.6 Å². The van der Waals surface area contributed by atoms with Gasteiger partial charge in [-0.1, -0.05) is 11.6 Å². The Hall–Kier alpha value is -4.23. The number of aliphatic hydroxyl groups is 1. The number of H-pyrrole nitrogens is 1. The zero-order chi connectivity index (χ0) is 29.0. The number of benzene rings is 1. The number of fused-ring (bicyclic) bond motifs is 2. The fraction of sp³-hybridized carbons (Fsp3) is 0.231. The van der Waals surface area contributed by atoms with Crippen molar-refractivity contribution in [2.24, 2.45) is 5.73 Å². The highest BCUT2D eigenvalue weighted by atomic mass is 35.5. The molecule has 0 spiro atoms. The number of aromatic nitrogens is 3. The maximum absolute atomic E-state index is 14.5. The highest BCUT2D eigenvalue weighted by Crippen LogP contribution is 2.47. The summed E-state index contributed by atoms with van der Waals surface area (Å²) in [6.07, 6.45) is -4.02. The van der Waals surface area contributed by atoms with Crippen LogP contribution < -0.4 is 15.8 Å². The number of ether oxygens (including phenoxy) is 1. The number of rotatable bonds is 6. The van der Waals surface area contributed by atoms with Gasteiger partial charge in [-0.15, -0.1) is 0 Å². The Labute approximate surface area is 228 Å². The fourth-order valence-corrected chi connectivity index (χ4v) is 4.52. The van der Waals surface area contributed by atoms with E-state index >= 15 is 0 Å². The van der Waals surface area contributed by atoms with Gasteiger partial charge in [-0.25, -0.2) is 14.4 Å². The van der Waals surface area contributed by atoms with Crippen LogP contribution in [-0.4, -0.2) is 51.2 Å². The Morgan fingerprint density at radius 2 is 1.93 bits per heavy atom. The largest absolute Gasteiger partial charge is 0.489 e. The summed E-state index contributed by atoms with van der Waals surface area (Å²) < 4.78 is 62.7. The molecule has 0 radical (unpaired) electrons. The van der Waals surface area contributed by atoms with Gasteiger partial charge in [0.15, 0.2) is 0 Å². The second-order valence-electron chi connectivity index (χ2n) is 9.54. The predicted molar refractivity (Wildman–Crippen MR) is 135 cm³/mol. The molecule has 2 amide bonds. The summed E-state index contributed by atoms with van der Waals surface area (Å²) in [6, 6.07) is 8.38. The average Bonchev–Trinajstić information content (AvgIpc) is 3.48. The molecule has 2 atom stereocenters. The number of nitrogens with two attached hydrogens (primary N) is 1. The molecule has 0 fully saturated rings. The normalized spacial score (nSPS) is 18.2. The number of halogens is 5. The van der Waals surface area contributed by atoms with Crippen LogP contribution in [0.1, 0.15) is 28.7 Å². The molecule has 3 aromatic heterocycles. The topological polar surface area (TPSA) is 143 Å². The summed E-state index contributed by atoms with van der Waals surface area (Å²) in [5, 5.41) is 13.9. The van der Waals surface area contributed by atoms with Crippen molar-refractivity contribution in [3.8, 4) is 17.0 Å². The third kappa shape index (κ3) is 4.50. The Balaban J connectivity index is 1.58. The lowest BCUT2D eigenvalue weighted by atomic mass is 9.81. The van der Waals surface area contributed by atoms with Crippen LogP contribution in [0.25, 0.3) is 22.3 Å². The molecule has 1 aliphatic heterocycles. The van der Waals surface area contributed by atoms with Gasteiger partial charge in [0.1, 0.15) is 40.6 Å². The van der Waals surface area contributed by atoms with E-state index in [-0.39, 0.29) is 45.5 Å². The molecule has 4 aromatic rings. The van der Waals surface area contributed by atoms with Gasteiger partial charge in [0, 0.05) is 22.7 Å². The number of aromatic amines is 1. The number of alkyl halides is 3. The lowest BCUT2D eigenvalue weighted by Crippen LogP contribution is -2.52. The average molecular weight is 578 g/mol. The van der Waals surface area contributed by atoms with Crippen molar-refractivity contribution in [2.45, 2.75) is 24.1 Å². The van der Waals surface area contributed by atoms with Crippen molar-refractivity contribution in [1.82, 2.24) is 20.3 Å². The minimum Gasteiger partial charge on any atom is -0.489 e. The van der Waals surface area contributed by atoms with Gasteiger partial charge in [-0.05, 0) is 49.4 Å². The second-order valence-corrected chi connectivity index (χ2v) is 9.98. The van der Waals surface area contributed by atoms with Crippen molar-refractivity contribution >= 4 is 34.4 Å². The van der Waals surface area contributed by atoms with Gasteiger partial charge in [0.25, 0.3) is 5.91 Å². The summed E-state index contributed by atoms with van der Waals surface area (Å²) in [7, 11) is 0. The summed E-state index contributed by atoms with van der Waals surface area (Å²) in [5.74, 6) is -2.50. The maximum atomic E-state index is 14.5. The Morgan fingerprint density at radius 3 is 2.58 bits per heavy atom. The SMILES string of the molecule is C[C@]1(C(N)=O)COc2c1cc(C(O)(CNC(=O)c1cc3cc(Cl)cnc3[nH]1)C(F)(F)F)nc2-c1ccc(F)cc1. The van der Waals surface area contributed by atoms with Gasteiger partial charge in [-0.3, -0.25) is 9.59 Å². The molecule has 0 saturated carbocycles. The van der Waals surface area contributed by atoms with E-state index in [2.05, 4.69) is 20.3 Å². The van der Waals surface area contributed by atoms with Crippen molar-refractivity contribution in [1.29, 1.82) is 0 Å². The first-order valence-corrected chi connectivity index (χ1v) is 12.1. The summed E-state index contributed by atoms with van der Waals surface area (Å²) in [4.78, 5) is 35.8. The van der Waals surface area contributed by atoms with E-state index in [1.165, 1.54) is 37.4 Å². The third-order valence-corrected chi connectivity index (χ3v) is 7.02. The lowest BCUT2D eigenvalue weighted by molar-refractivity contribution is -0.265. The molecule has 9 nitrogen and oxygen atoms in total. The standard InChI is InChI=1S/C26H20ClF4N5O4/c1-24(23(32)38)11-40-20-16(24)8-18(36-19(20)12-2-4-15(28)5-3-12)25(39,26(29,30)31)10-34-22(37)17-7-13-6-14(27)9-33-21(13)35-17/h2-9,39H,10-11H2,1H3,(H2,32,38)(H,33,35)(H,34,37)/t24-,25?/m0/s1. The van der Waals surface area contributed by atoms with Crippen LogP contribution >= 0.6 is 11.6 Å². The Morgan fingerprint density at radius 1 is 1.23 bits per heavy atom. The first-order valence-electron chi connectivity index (χ1n) is 11.7. The molecule has 1 aliphatic rings. The van der Waals surface area contributed by atoms with Crippen LogP contribution in [0.3, 0.4) is 0 Å². The number of primary amides is 1. The molecule has 0 saturated heterocycles. The van der Waals surface area contributed by atoms with Gasteiger partial charge in [0.05, 0.1) is 17.3 Å². The second kappa shape index (κ2) is 9.45. The summed E-state index contributed by atoms with van der Waals surface area (Å²) in [5.41, 5.74) is -0.568. The summed E-state index contributed by atoms with van der Waals surface area (Å²) >= 11 is 5.89. The van der Waals surface area contributed by atoms with E-state index in [9.17, 15) is 32.3 Å². The molecular formula is C26H20ClF4N5O4. The quantitative estimate of drug-likeness (QED) is 0.257. The Bertz CT molecular complexity index is 1660. The van der Waals surface area contributed by atoms with Crippen LogP contribution in [0.5, 0.6) is 5.75 Å². The maximum Gasteiger partial charge on any atom is 0.424 e. The van der Waals surface area contributed by atoms with E-state index in [1.54, 1.807) is 0 Å². The van der Waals surface area contributed by atoms with Gasteiger partial charge in [0.2, 0.25) is 11.5 Å². The third-order valence-electron chi connectivity index (χ3n) is 6.81. The molecule has 40 heavy (non-hydrogen) atoms. The number of pyridine rings is 2. The van der Waals surface area contributed by atoms with Crippen molar-refractivity contribution < 1.29 is 37.0 Å². The number of amides is 2. The molecule has 1 unspecified atom stereocenters. The molecular weight excluding hydrogens is 558 g/mol. The van der Waals surface area contributed by atoms with Crippen molar-refractivity contribution in [2.75, 3.05) is 13.2 Å². The number of nitrogens with zero attached hydrogens (tertiary/aromatic N) is 2. The number of hydrogen-bond acceptors (Lipinski definition) is 6. The van der Waals surface area contributed by atoms with Gasteiger partial charge < -0.3 is 25.9 Å². The molecule has 0 aliphatic carbocycles. The van der Waals surface area contributed by atoms with Gasteiger partial charge >= 0.3 is 6.18 Å². The smallest absolute Gasteiger partial charge is 0.424 e. The number of hydrogen-bond donors (Lipinski definition) is 4. The monoisotopic (exact) mass is 577 g/mol. The number of carbonyl (C=O) groups is 2. The highest BCUT2D eigenvalue weighted by Gasteiger charge is 2.57. The molecule has 1 aromatic carbocycles. The van der Waals surface area contributed by atoms with Crippen LogP contribution in [0, 0.1) is 5.82 Å². The van der Waals surface area contributed by atoms with E-state index in [0.717, 1.165) is 18.2 Å². The predicted octanol–water partition coefficient (Wildman–Crippen LogP) is 3.73. The molecule has 14 heteroatoms. The molecule has 4 heterocycles.